The normalized spacial score (nSPS) is 11.5. The van der Waals surface area contributed by atoms with E-state index in [-0.39, 0.29) is 5.75 Å². The summed E-state index contributed by atoms with van der Waals surface area (Å²) in [5.74, 6) is 1.28. The number of fused-ring (bicyclic) bond motifs is 1. The summed E-state index contributed by atoms with van der Waals surface area (Å²) in [5, 5.41) is 11.1. The van der Waals surface area contributed by atoms with Crippen LogP contribution in [0.15, 0.2) is 42.7 Å². The van der Waals surface area contributed by atoms with Gasteiger partial charge in [-0.1, -0.05) is 23.7 Å². The average molecular weight is 364 g/mol. The highest BCUT2D eigenvalue weighted by Gasteiger charge is 2.14. The average Bonchev–Trinajstić information content (AvgIpc) is 2.92. The maximum atomic E-state index is 9.77. The Balaban J connectivity index is 1.97. The molecule has 0 unspecified atom stereocenters. The largest absolute Gasteiger partial charge is 0.508 e. The van der Waals surface area contributed by atoms with Crippen LogP contribution in [0.25, 0.3) is 22.0 Å². The van der Waals surface area contributed by atoms with Crippen LogP contribution in [-0.4, -0.2) is 39.5 Å². The number of benzene rings is 1. The number of phenols is 1. The van der Waals surface area contributed by atoms with E-state index in [1.54, 1.807) is 18.3 Å². The smallest absolute Gasteiger partial charge is 0.138 e. The molecular weight excluding hydrogens is 344 g/mol. The van der Waals surface area contributed by atoms with Crippen LogP contribution in [0.3, 0.4) is 0 Å². The fraction of sp³-hybridized carbons (Fsp3) is 0.278. The number of aromatic hydroxyl groups is 1. The van der Waals surface area contributed by atoms with E-state index in [9.17, 15) is 5.11 Å². The Labute approximate surface area is 149 Å². The lowest BCUT2D eigenvalue weighted by Crippen LogP contribution is -2.11. The van der Waals surface area contributed by atoms with Crippen LogP contribution in [0, 0.1) is 0 Å². The van der Waals surface area contributed by atoms with Crippen LogP contribution in [0.1, 0.15) is 0 Å². The molecule has 2 aromatic heterocycles. The Bertz CT molecular complexity index is 848. The van der Waals surface area contributed by atoms with E-state index in [2.05, 4.69) is 17.5 Å². The van der Waals surface area contributed by atoms with Crippen molar-refractivity contribution < 1.29 is 9.84 Å². The van der Waals surface area contributed by atoms with Gasteiger partial charge in [-0.3, -0.25) is 0 Å². The number of ether oxygens (including phenoxy) is 1. The maximum absolute atomic E-state index is 9.77. The van der Waals surface area contributed by atoms with Gasteiger partial charge in [-0.2, -0.15) is 0 Å². The number of phenolic OH excluding ortho intramolecular Hbond substituents is 1. The molecule has 3 aromatic rings. The zero-order valence-electron chi connectivity index (χ0n) is 13.7. The van der Waals surface area contributed by atoms with Gasteiger partial charge >= 0.3 is 0 Å². The Kier molecular flexibility index (Phi) is 5.33. The molecule has 0 aliphatic carbocycles. The van der Waals surface area contributed by atoms with Gasteiger partial charge in [0, 0.05) is 23.3 Å². The zero-order valence-corrected chi connectivity index (χ0v) is 15.3. The first-order valence-electron chi connectivity index (χ1n) is 7.61. The first kappa shape index (κ1) is 17.1. The van der Waals surface area contributed by atoms with Gasteiger partial charge < -0.3 is 14.4 Å². The highest BCUT2D eigenvalue weighted by Crippen LogP contribution is 2.35. The van der Waals surface area contributed by atoms with Crippen LogP contribution >= 0.6 is 11.6 Å². The predicted molar refractivity (Wildman–Crippen MR) is 102 cm³/mol. The Morgan fingerprint density at radius 2 is 2.12 bits per heavy atom. The molecule has 24 heavy (non-hydrogen) atoms. The van der Waals surface area contributed by atoms with Crippen molar-refractivity contribution in [2.75, 3.05) is 24.9 Å². The van der Waals surface area contributed by atoms with Gasteiger partial charge in [-0.25, -0.2) is 4.98 Å². The van der Waals surface area contributed by atoms with Gasteiger partial charge in [0.25, 0.3) is 0 Å². The van der Waals surface area contributed by atoms with Gasteiger partial charge in [0.1, 0.15) is 23.4 Å². The number of halogens is 1. The molecule has 126 valence electrons. The second-order valence-electron chi connectivity index (χ2n) is 5.79. The van der Waals surface area contributed by atoms with Crippen molar-refractivity contribution >= 4 is 33.4 Å². The number of pyridine rings is 1. The second-order valence-corrected chi connectivity index (χ2v) is 8.52. The second kappa shape index (κ2) is 7.47. The fourth-order valence-corrected chi connectivity index (χ4v) is 3.30. The molecule has 0 bridgehead atoms. The van der Waals surface area contributed by atoms with Gasteiger partial charge in [0.2, 0.25) is 0 Å². The monoisotopic (exact) mass is 363 g/mol. The van der Waals surface area contributed by atoms with E-state index < -0.39 is 0 Å². The summed E-state index contributed by atoms with van der Waals surface area (Å²) in [7, 11) is 0.375. The molecule has 0 spiro atoms. The number of hydrogen-bond acceptors (Lipinski definition) is 3. The van der Waals surface area contributed by atoms with Crippen molar-refractivity contribution in [3.05, 3.63) is 47.9 Å². The number of aromatic nitrogens is 2. The molecule has 0 amide bonds. The molecule has 1 N–H and O–H groups in total. The first-order valence-corrected chi connectivity index (χ1v) is 10.2. The lowest BCUT2D eigenvalue weighted by atomic mass is 10.1. The Hall–Kier alpha value is -1.69. The van der Waals surface area contributed by atoms with Crippen molar-refractivity contribution in [2.45, 2.75) is 6.73 Å². The topological polar surface area (TPSA) is 47.3 Å². The first-order chi connectivity index (χ1) is 11.6. The van der Waals surface area contributed by atoms with Crippen molar-refractivity contribution in [3.63, 3.8) is 0 Å². The quantitative estimate of drug-likeness (QED) is 0.410. The molecule has 0 aliphatic heterocycles. The third-order valence-electron chi connectivity index (χ3n) is 3.77. The van der Waals surface area contributed by atoms with Gasteiger partial charge in [0.15, 0.2) is 0 Å². The summed E-state index contributed by atoms with van der Waals surface area (Å²) in [4.78, 5) is 4.20. The minimum absolute atomic E-state index is 0.225. The van der Waals surface area contributed by atoms with Crippen LogP contribution in [-0.2, 0) is 22.4 Å². The fourth-order valence-electron chi connectivity index (χ4n) is 2.59. The number of hydrogen-bond donors (Lipinski definition) is 1. The highest BCUT2D eigenvalue weighted by molar-refractivity contribution is 7.95. The van der Waals surface area contributed by atoms with Crippen LogP contribution in [0.5, 0.6) is 5.75 Å². The van der Waals surface area contributed by atoms with Gasteiger partial charge in [-0.15, -0.1) is 0 Å². The van der Waals surface area contributed by atoms with Crippen molar-refractivity contribution in [1.29, 1.82) is 0 Å². The standard InChI is InChI=1S/C18H19ClN2O2S/c1-24(2)9-8-23-12-21-11-15(13-4-3-5-14(22)10-13)17-16(21)6-7-20-18(17)19/h3-7,10-11H,8-9,12H2,1-2H3/p+1. The van der Waals surface area contributed by atoms with E-state index in [1.165, 1.54) is 0 Å². The SMILES string of the molecule is C[S+](C)CCOCn1cc(-c2cccc(O)c2)c2c(Cl)nccc21. The third-order valence-corrected chi connectivity index (χ3v) is 5.04. The molecule has 0 fully saturated rings. The summed E-state index contributed by atoms with van der Waals surface area (Å²) in [5.41, 5.74) is 2.81. The molecule has 3 rings (SSSR count). The summed E-state index contributed by atoms with van der Waals surface area (Å²) in [6.07, 6.45) is 8.12. The van der Waals surface area contributed by atoms with Crippen LogP contribution in [0.4, 0.5) is 0 Å². The molecule has 0 aliphatic rings. The lowest BCUT2D eigenvalue weighted by Gasteiger charge is -2.06. The molecule has 0 radical (unpaired) electrons. The molecule has 0 atom stereocenters. The maximum Gasteiger partial charge on any atom is 0.138 e. The molecule has 1 aromatic carbocycles. The summed E-state index contributed by atoms with van der Waals surface area (Å²) in [6, 6.07) is 9.07. The van der Waals surface area contributed by atoms with Crippen molar-refractivity contribution in [2.24, 2.45) is 0 Å². The number of nitrogens with zero attached hydrogens (tertiary/aromatic N) is 2. The third kappa shape index (κ3) is 3.69. The molecular formula is C18H20ClN2O2S+. The minimum Gasteiger partial charge on any atom is -0.508 e. The lowest BCUT2D eigenvalue weighted by molar-refractivity contribution is 0.0928. The zero-order chi connectivity index (χ0) is 17.1. The summed E-state index contributed by atoms with van der Waals surface area (Å²) in [6.45, 7) is 1.20. The highest BCUT2D eigenvalue weighted by atomic mass is 35.5. The van der Waals surface area contributed by atoms with Gasteiger partial charge in [0.05, 0.1) is 24.6 Å². The summed E-state index contributed by atoms with van der Waals surface area (Å²) >= 11 is 6.34. The summed E-state index contributed by atoms with van der Waals surface area (Å²) < 4.78 is 7.84. The van der Waals surface area contributed by atoms with E-state index in [0.717, 1.165) is 34.4 Å². The molecule has 4 nitrogen and oxygen atoms in total. The van der Waals surface area contributed by atoms with E-state index in [4.69, 9.17) is 16.3 Å². The van der Waals surface area contributed by atoms with Gasteiger partial charge in [-0.05, 0) is 34.7 Å². The molecule has 2 heterocycles. The van der Waals surface area contributed by atoms with Crippen LogP contribution in [0.2, 0.25) is 5.15 Å². The number of rotatable bonds is 6. The van der Waals surface area contributed by atoms with Crippen LogP contribution < -0.4 is 0 Å². The minimum atomic E-state index is 0.225. The molecule has 6 heteroatoms. The Morgan fingerprint density at radius 3 is 2.88 bits per heavy atom. The molecule has 0 saturated carbocycles. The van der Waals surface area contributed by atoms with E-state index >= 15 is 0 Å². The van der Waals surface area contributed by atoms with Crippen molar-refractivity contribution in [1.82, 2.24) is 9.55 Å². The van der Waals surface area contributed by atoms with E-state index in [1.807, 2.05) is 29.0 Å². The molecule has 0 saturated heterocycles. The Morgan fingerprint density at radius 1 is 1.29 bits per heavy atom. The van der Waals surface area contributed by atoms with Crippen molar-refractivity contribution in [3.8, 4) is 16.9 Å². The van der Waals surface area contributed by atoms with E-state index in [0.29, 0.717) is 22.8 Å². The predicted octanol–water partition coefficient (Wildman–Crippen LogP) is 3.91.